The van der Waals surface area contributed by atoms with Gasteiger partial charge in [0.05, 0.1) is 24.1 Å². The van der Waals surface area contributed by atoms with E-state index < -0.39 is 0 Å². The van der Waals surface area contributed by atoms with Crippen LogP contribution in [0.3, 0.4) is 0 Å². The molecule has 9 aromatic carbocycles. The number of aromatic nitrogens is 2. The Hall–Kier alpha value is -6.36. The predicted octanol–water partition coefficient (Wildman–Crippen LogP) is 8.44. The molecule has 0 saturated carbocycles. The fraction of sp³-hybridized carbons (Fsp3) is 0.0769. The topological polar surface area (TPSA) is 337 Å². The van der Waals surface area contributed by atoms with Crippen LogP contribution in [-0.4, -0.2) is 64.0 Å². The van der Waals surface area contributed by atoms with Crippen molar-refractivity contribution in [2.45, 2.75) is 47.3 Å². The minimum atomic E-state index is -0.184. The average molecular weight is 1030 g/mol. The summed E-state index contributed by atoms with van der Waals surface area (Å²) in [6.45, 7) is 8.25. The van der Waals surface area contributed by atoms with E-state index >= 15 is 0 Å². The number of aromatic hydroxyl groups is 2. The monoisotopic (exact) mass is 1030 g/mol. The van der Waals surface area contributed by atoms with Gasteiger partial charge in [0.1, 0.15) is 0 Å². The van der Waals surface area contributed by atoms with Crippen LogP contribution in [0.2, 0.25) is 0 Å². The molecule has 2 heterocycles. The van der Waals surface area contributed by atoms with Gasteiger partial charge in [-0.2, -0.15) is 9.97 Å². The summed E-state index contributed by atoms with van der Waals surface area (Å²) >= 11 is 10.8. The molecule has 0 fully saturated rings. The lowest BCUT2D eigenvalue weighted by Crippen LogP contribution is -1.97. The van der Waals surface area contributed by atoms with Crippen LogP contribution in [0.4, 0.5) is 0 Å². The molecule has 0 aliphatic carbocycles. The molecule has 0 bridgehead atoms. The Kier molecular flexibility index (Phi) is 22.9. The second-order valence-corrected chi connectivity index (χ2v) is 17.9. The second kappa shape index (κ2) is 26.0. The van der Waals surface area contributed by atoms with E-state index in [-0.39, 0.29) is 55.6 Å². The Morgan fingerprint density at radius 1 is 0.329 bits per heavy atom. The number of aryl methyl sites for hydroxylation is 4. The summed E-state index contributed by atoms with van der Waals surface area (Å²) in [5, 5.41) is 32.3. The van der Waals surface area contributed by atoms with Gasteiger partial charge in [0.2, 0.25) is 23.5 Å². The van der Waals surface area contributed by atoms with Crippen molar-refractivity contribution < 1.29 is 62.4 Å². The highest BCUT2D eigenvalue weighted by atomic mass is 32.2. The maximum Gasteiger partial charge on any atom is 0.239 e. The Balaban J connectivity index is 0.000000878. The molecule has 0 spiro atoms. The Labute approximate surface area is 422 Å². The van der Waals surface area contributed by atoms with E-state index in [0.717, 1.165) is 73.4 Å². The van der Waals surface area contributed by atoms with Crippen molar-refractivity contribution in [2.75, 3.05) is 0 Å². The first-order valence-electron chi connectivity index (χ1n) is 19.9. The van der Waals surface area contributed by atoms with Crippen LogP contribution in [-0.2, 0) is 0 Å². The van der Waals surface area contributed by atoms with E-state index in [1.807, 2.05) is 97.1 Å². The van der Waals surface area contributed by atoms with Crippen LogP contribution < -0.4 is 8.37 Å². The molecular weight excluding hydrogens is 973 g/mol. The lowest BCUT2D eigenvalue weighted by molar-refractivity contribution is 0.422. The number of rotatable bonds is 6. The normalized spacial score (nSPS) is 10.0. The summed E-state index contributed by atoms with van der Waals surface area (Å²) in [4.78, 5) is 12.9. The SMILES string of the molecule is Cc1ccc(S)cc1.Cc1ccc(S)cc1.Cc1ccc(SOc2nc(OSc3ccc(C)cc3)c3ccc4c5ccc6c(O)nc(O)c7ccc(c8ccc2c3c84)c5c76)cc1.O.O.O.O.O.O.O.O. The Bertz CT molecular complexity index is 3130. The van der Waals surface area contributed by atoms with E-state index in [2.05, 4.69) is 106 Å². The van der Waals surface area contributed by atoms with Gasteiger partial charge in [-0.25, -0.2) is 0 Å². The third-order valence-corrected chi connectivity index (χ3v) is 12.8. The van der Waals surface area contributed by atoms with Gasteiger partial charge in [-0.1, -0.05) is 95.1 Å². The first-order chi connectivity index (χ1) is 30.0. The summed E-state index contributed by atoms with van der Waals surface area (Å²) in [5.41, 5.74) is 4.92. The largest absolute Gasteiger partial charge is 0.493 e. The first-order valence-corrected chi connectivity index (χ1v) is 22.2. The van der Waals surface area contributed by atoms with Crippen molar-refractivity contribution in [3.05, 3.63) is 168 Å². The molecule has 0 radical (unpaired) electrons. The van der Waals surface area contributed by atoms with E-state index in [1.54, 1.807) is 0 Å². The Morgan fingerprint density at radius 3 is 0.871 bits per heavy atom. The molecule has 2 aromatic heterocycles. The third-order valence-electron chi connectivity index (χ3n) is 10.8. The smallest absolute Gasteiger partial charge is 0.239 e. The highest BCUT2D eigenvalue weighted by Crippen LogP contribution is 2.50. The van der Waals surface area contributed by atoms with Gasteiger partial charge in [0.25, 0.3) is 0 Å². The number of hydrogen-bond acceptors (Lipinski definition) is 10. The summed E-state index contributed by atoms with van der Waals surface area (Å²) in [6, 6.07) is 48.7. The standard InChI is InChI=1S/C38H24N2O4S2.2C7H8S.8H2O/c1-19-3-7-21(8-4-19)45-43-37-29-17-13-25-23-11-15-27-33-28(36(42)39-35(27)41)16-12-24(31(23)33)26-14-18-30(34(29)32(25)26)38(40-37)44-46-22-9-5-20(2)6-10-22;2*1-6-2-4-7(8)5-3-6;;;;;;;;/h3-18H,1-2H3,(H2,39,41,42);2*2-5,8H,1H3;8*1H2. The van der Waals surface area contributed by atoms with Gasteiger partial charge in [-0.15, -0.1) is 25.3 Å². The van der Waals surface area contributed by atoms with Gasteiger partial charge in [0.15, 0.2) is 0 Å². The van der Waals surface area contributed by atoms with Crippen LogP contribution in [0.5, 0.6) is 23.5 Å². The molecule has 370 valence electrons. The number of thiol groups is 2. The van der Waals surface area contributed by atoms with Crippen molar-refractivity contribution in [3.8, 4) is 23.5 Å². The van der Waals surface area contributed by atoms with E-state index in [0.29, 0.717) is 22.5 Å². The molecule has 0 amide bonds. The molecular formula is C52H56N2O12S4. The van der Waals surface area contributed by atoms with Gasteiger partial charge in [0, 0.05) is 51.9 Å². The van der Waals surface area contributed by atoms with Gasteiger partial charge in [-0.05, 0) is 133 Å². The maximum atomic E-state index is 10.6. The lowest BCUT2D eigenvalue weighted by Gasteiger charge is -2.20. The molecule has 0 aliphatic rings. The minimum Gasteiger partial charge on any atom is -0.493 e. The highest BCUT2D eigenvalue weighted by Gasteiger charge is 2.24. The lowest BCUT2D eigenvalue weighted by atomic mass is 9.86. The quantitative estimate of drug-likeness (QED) is 0.0540. The zero-order valence-electron chi connectivity index (χ0n) is 38.2. The predicted molar refractivity (Wildman–Crippen MR) is 294 cm³/mol. The van der Waals surface area contributed by atoms with Crippen molar-refractivity contribution in [1.29, 1.82) is 0 Å². The second-order valence-electron chi connectivity index (χ2n) is 15.3. The molecule has 11 rings (SSSR count). The van der Waals surface area contributed by atoms with Crippen LogP contribution in [0, 0.1) is 27.7 Å². The van der Waals surface area contributed by atoms with Gasteiger partial charge in [-0.3, -0.25) is 0 Å². The number of hydrogen-bond donors (Lipinski definition) is 4. The summed E-state index contributed by atoms with van der Waals surface area (Å²) in [5.74, 6) is 0.573. The molecule has 0 saturated heterocycles. The summed E-state index contributed by atoms with van der Waals surface area (Å²) in [7, 11) is 0. The first kappa shape index (κ1) is 61.7. The fourth-order valence-electron chi connectivity index (χ4n) is 7.63. The van der Waals surface area contributed by atoms with Crippen molar-refractivity contribution in [3.63, 3.8) is 0 Å². The summed E-state index contributed by atoms with van der Waals surface area (Å²) < 4.78 is 12.7. The highest BCUT2D eigenvalue weighted by molar-refractivity contribution is 7.95. The summed E-state index contributed by atoms with van der Waals surface area (Å²) in [6.07, 6.45) is 0. The van der Waals surface area contributed by atoms with Gasteiger partial charge < -0.3 is 62.4 Å². The van der Waals surface area contributed by atoms with Gasteiger partial charge >= 0.3 is 0 Å². The zero-order chi connectivity index (χ0) is 43.1. The molecule has 18 N–H and O–H groups in total. The molecule has 70 heavy (non-hydrogen) atoms. The molecule has 11 aromatic rings. The minimum absolute atomic E-state index is 0. The van der Waals surface area contributed by atoms with Crippen molar-refractivity contribution in [2.24, 2.45) is 0 Å². The Morgan fingerprint density at radius 2 is 0.571 bits per heavy atom. The number of pyridine rings is 2. The zero-order valence-corrected chi connectivity index (χ0v) is 41.6. The molecule has 18 heteroatoms. The average Bonchev–Trinajstić information content (AvgIpc) is 3.28. The molecule has 0 aliphatic heterocycles. The van der Waals surface area contributed by atoms with Crippen molar-refractivity contribution >= 4 is 114 Å². The number of benzene rings is 9. The molecule has 0 unspecified atom stereocenters. The fourth-order valence-corrected chi connectivity index (χ4v) is 9.03. The third kappa shape index (κ3) is 12.3. The van der Waals surface area contributed by atoms with Crippen LogP contribution in [0.1, 0.15) is 22.3 Å². The molecule has 14 nitrogen and oxygen atoms in total. The van der Waals surface area contributed by atoms with E-state index in [4.69, 9.17) is 13.4 Å². The number of nitrogens with zero attached hydrogens (tertiary/aromatic N) is 2. The van der Waals surface area contributed by atoms with Crippen LogP contribution in [0.25, 0.3) is 64.6 Å². The number of fused-ring (bicyclic) bond motifs is 2. The van der Waals surface area contributed by atoms with Crippen LogP contribution >= 0.6 is 49.3 Å². The van der Waals surface area contributed by atoms with Crippen molar-refractivity contribution in [1.82, 2.24) is 9.97 Å². The van der Waals surface area contributed by atoms with E-state index in [9.17, 15) is 10.2 Å². The maximum absolute atomic E-state index is 10.6. The van der Waals surface area contributed by atoms with E-state index in [1.165, 1.54) is 46.3 Å². The molecule has 0 atom stereocenters. The van der Waals surface area contributed by atoms with Crippen LogP contribution in [0.15, 0.2) is 165 Å².